The van der Waals surface area contributed by atoms with Crippen molar-refractivity contribution in [2.75, 3.05) is 13.1 Å². The summed E-state index contributed by atoms with van der Waals surface area (Å²) in [6.45, 7) is 6.36. The van der Waals surface area contributed by atoms with Crippen LogP contribution in [0.25, 0.3) is 0 Å². The fourth-order valence-corrected chi connectivity index (χ4v) is 2.33. The highest BCUT2D eigenvalue weighted by Crippen LogP contribution is 2.27. The van der Waals surface area contributed by atoms with Gasteiger partial charge in [-0.15, -0.1) is 0 Å². The molecule has 0 bridgehead atoms. The molecule has 2 rings (SSSR count). The third kappa shape index (κ3) is 5.48. The molecule has 2 heterocycles. The van der Waals surface area contributed by atoms with Crippen LogP contribution >= 0.6 is 0 Å². The van der Waals surface area contributed by atoms with E-state index in [9.17, 15) is 22.8 Å². The lowest BCUT2D eigenvalue weighted by atomic mass is 10.0. The number of pyridine rings is 1. The molecule has 150 valence electrons. The lowest BCUT2D eigenvalue weighted by molar-refractivity contribution is -0.0547. The molecule has 1 aliphatic heterocycles. The highest BCUT2D eigenvalue weighted by Gasteiger charge is 2.42. The molecule has 2 atom stereocenters. The Morgan fingerprint density at radius 2 is 2.04 bits per heavy atom. The Bertz CT molecular complexity index is 709. The van der Waals surface area contributed by atoms with E-state index in [4.69, 9.17) is 9.47 Å². The minimum Gasteiger partial charge on any atom is -0.482 e. The van der Waals surface area contributed by atoms with Gasteiger partial charge < -0.3 is 14.8 Å². The van der Waals surface area contributed by atoms with Crippen LogP contribution in [0, 0.1) is 5.95 Å². The lowest BCUT2D eigenvalue weighted by Crippen LogP contribution is -2.63. The van der Waals surface area contributed by atoms with E-state index in [0.717, 1.165) is 0 Å². The van der Waals surface area contributed by atoms with Crippen molar-refractivity contribution in [1.29, 1.82) is 0 Å². The molecule has 0 radical (unpaired) electrons. The summed E-state index contributed by atoms with van der Waals surface area (Å²) in [6.07, 6.45) is -3.67. The number of carbonyl (C=O) groups excluding carboxylic acids is 2. The molecule has 10 heteroatoms. The van der Waals surface area contributed by atoms with Crippen molar-refractivity contribution >= 4 is 12.0 Å². The maximum absolute atomic E-state index is 14.1. The fourth-order valence-electron chi connectivity index (χ4n) is 2.33. The molecule has 0 aromatic carbocycles. The van der Waals surface area contributed by atoms with Gasteiger partial charge in [0.15, 0.2) is 5.75 Å². The number of halogens is 3. The Labute approximate surface area is 154 Å². The van der Waals surface area contributed by atoms with Gasteiger partial charge in [-0.2, -0.15) is 4.39 Å². The Balaban J connectivity index is 1.93. The van der Waals surface area contributed by atoms with E-state index in [1.54, 1.807) is 27.7 Å². The monoisotopic (exact) mass is 389 g/mol. The number of ether oxygens (including phenoxy) is 2. The zero-order valence-corrected chi connectivity index (χ0v) is 15.5. The predicted octanol–water partition coefficient (Wildman–Crippen LogP) is 2.60. The average molecular weight is 389 g/mol. The molecule has 7 nitrogen and oxygen atoms in total. The first-order chi connectivity index (χ1) is 12.5. The SMILES string of the molecule is C[C@@H]1[C@@H](Oc2ccc(C(=O)NCC(F)F)nc2F)CN1C(=O)OC(C)(C)C. The molecule has 1 saturated heterocycles. The predicted molar refractivity (Wildman–Crippen MR) is 89.4 cm³/mol. The van der Waals surface area contributed by atoms with Crippen LogP contribution < -0.4 is 10.1 Å². The van der Waals surface area contributed by atoms with Gasteiger partial charge in [-0.1, -0.05) is 0 Å². The molecule has 1 N–H and O–H groups in total. The molecular weight excluding hydrogens is 367 g/mol. The average Bonchev–Trinajstić information content (AvgIpc) is 2.54. The quantitative estimate of drug-likeness (QED) is 0.783. The summed E-state index contributed by atoms with van der Waals surface area (Å²) in [7, 11) is 0. The number of nitrogens with zero attached hydrogens (tertiary/aromatic N) is 2. The maximum atomic E-state index is 14.1. The molecule has 1 aliphatic rings. The van der Waals surface area contributed by atoms with Crippen LogP contribution in [-0.2, 0) is 4.74 Å². The molecule has 1 aromatic heterocycles. The number of aromatic nitrogens is 1. The van der Waals surface area contributed by atoms with E-state index >= 15 is 0 Å². The van der Waals surface area contributed by atoms with Crippen molar-refractivity contribution in [3.63, 3.8) is 0 Å². The number of alkyl halides is 2. The first-order valence-electron chi connectivity index (χ1n) is 8.37. The van der Waals surface area contributed by atoms with Crippen LogP contribution in [0.5, 0.6) is 5.75 Å². The van der Waals surface area contributed by atoms with Gasteiger partial charge in [0.05, 0.1) is 19.1 Å². The van der Waals surface area contributed by atoms with Gasteiger partial charge in [-0.3, -0.25) is 9.69 Å². The number of rotatable bonds is 5. The summed E-state index contributed by atoms with van der Waals surface area (Å²) in [5.41, 5.74) is -0.961. The Hall–Kier alpha value is -2.52. The number of nitrogens with one attached hydrogen (secondary N) is 1. The molecule has 1 aromatic rings. The van der Waals surface area contributed by atoms with Crippen molar-refractivity contribution in [3.05, 3.63) is 23.8 Å². The Morgan fingerprint density at radius 3 is 2.56 bits per heavy atom. The van der Waals surface area contributed by atoms with E-state index in [1.165, 1.54) is 17.0 Å². The van der Waals surface area contributed by atoms with E-state index in [0.29, 0.717) is 0 Å². The van der Waals surface area contributed by atoms with Gasteiger partial charge in [-0.05, 0) is 39.8 Å². The van der Waals surface area contributed by atoms with Crippen LogP contribution in [0.4, 0.5) is 18.0 Å². The second kappa shape index (κ2) is 8.01. The summed E-state index contributed by atoms with van der Waals surface area (Å²) in [5.74, 6) is -2.14. The molecule has 0 unspecified atom stereocenters. The minimum absolute atomic E-state index is 0.193. The Morgan fingerprint density at radius 1 is 1.37 bits per heavy atom. The number of carbonyl (C=O) groups is 2. The van der Waals surface area contributed by atoms with Crippen molar-refractivity contribution in [1.82, 2.24) is 15.2 Å². The minimum atomic E-state index is -2.71. The smallest absolute Gasteiger partial charge is 0.410 e. The summed E-state index contributed by atoms with van der Waals surface area (Å²) < 4.78 is 49.0. The number of amides is 2. The van der Waals surface area contributed by atoms with E-state index in [-0.39, 0.29) is 24.0 Å². The summed E-state index contributed by atoms with van der Waals surface area (Å²) >= 11 is 0. The van der Waals surface area contributed by atoms with Crippen LogP contribution in [0.15, 0.2) is 12.1 Å². The van der Waals surface area contributed by atoms with Crippen LogP contribution in [0.3, 0.4) is 0 Å². The van der Waals surface area contributed by atoms with Gasteiger partial charge in [0.1, 0.15) is 17.4 Å². The topological polar surface area (TPSA) is 80.8 Å². The molecule has 0 spiro atoms. The molecule has 0 saturated carbocycles. The van der Waals surface area contributed by atoms with Gasteiger partial charge in [0, 0.05) is 0 Å². The third-order valence-electron chi connectivity index (χ3n) is 3.78. The molecule has 1 fully saturated rings. The first kappa shape index (κ1) is 20.8. The lowest BCUT2D eigenvalue weighted by Gasteiger charge is -2.45. The summed E-state index contributed by atoms with van der Waals surface area (Å²) in [4.78, 5) is 28.5. The van der Waals surface area contributed by atoms with Gasteiger partial charge in [-0.25, -0.2) is 18.6 Å². The van der Waals surface area contributed by atoms with Crippen LogP contribution in [0.2, 0.25) is 0 Å². The van der Waals surface area contributed by atoms with E-state index in [2.05, 4.69) is 4.98 Å². The second-order valence-corrected chi connectivity index (χ2v) is 7.12. The normalized spacial score (nSPS) is 19.5. The van der Waals surface area contributed by atoms with Crippen LogP contribution in [-0.4, -0.2) is 59.1 Å². The number of hydrogen-bond acceptors (Lipinski definition) is 5. The van der Waals surface area contributed by atoms with Crippen molar-refractivity contribution in [3.8, 4) is 5.75 Å². The largest absolute Gasteiger partial charge is 0.482 e. The third-order valence-corrected chi connectivity index (χ3v) is 3.78. The zero-order valence-electron chi connectivity index (χ0n) is 15.5. The van der Waals surface area contributed by atoms with E-state index < -0.39 is 42.6 Å². The zero-order chi connectivity index (χ0) is 20.4. The molecule has 2 amide bonds. The second-order valence-electron chi connectivity index (χ2n) is 7.12. The maximum Gasteiger partial charge on any atom is 0.410 e. The number of likely N-dealkylation sites (tertiary alicyclic amines) is 1. The fraction of sp³-hybridized carbons (Fsp3) is 0.588. The van der Waals surface area contributed by atoms with Crippen molar-refractivity contribution < 1.29 is 32.2 Å². The highest BCUT2D eigenvalue weighted by atomic mass is 19.3. The molecule has 27 heavy (non-hydrogen) atoms. The summed E-state index contributed by atoms with van der Waals surface area (Å²) in [6, 6.07) is 2.03. The van der Waals surface area contributed by atoms with Gasteiger partial charge in [0.2, 0.25) is 0 Å². The van der Waals surface area contributed by atoms with E-state index in [1.807, 2.05) is 5.32 Å². The first-order valence-corrected chi connectivity index (χ1v) is 8.37. The van der Waals surface area contributed by atoms with Crippen molar-refractivity contribution in [2.24, 2.45) is 0 Å². The van der Waals surface area contributed by atoms with Crippen molar-refractivity contribution in [2.45, 2.75) is 51.9 Å². The number of hydrogen-bond donors (Lipinski definition) is 1. The molecular formula is C17H22F3N3O4. The Kier molecular flexibility index (Phi) is 6.17. The highest BCUT2D eigenvalue weighted by molar-refractivity contribution is 5.92. The van der Waals surface area contributed by atoms with Gasteiger partial charge >= 0.3 is 6.09 Å². The molecule has 0 aliphatic carbocycles. The summed E-state index contributed by atoms with van der Waals surface area (Å²) in [5, 5.41) is 1.94. The van der Waals surface area contributed by atoms with Gasteiger partial charge in [0.25, 0.3) is 18.3 Å². The standard InChI is InChI=1S/C17H22F3N3O4/c1-9-12(8-23(9)16(25)27-17(2,3)4)26-11-6-5-10(22-14(11)20)15(24)21-7-13(18)19/h5-6,9,12-13H,7-8H2,1-4H3,(H,21,24)/t9-,12+/m1/s1. The van der Waals surface area contributed by atoms with Crippen LogP contribution in [0.1, 0.15) is 38.2 Å².